The zero-order chi connectivity index (χ0) is 8.27. The van der Waals surface area contributed by atoms with Crippen LogP contribution in [0.4, 0.5) is 0 Å². The highest BCUT2D eigenvalue weighted by molar-refractivity contribution is 4.71. The van der Waals surface area contributed by atoms with Gasteiger partial charge in [0, 0.05) is 0 Å². The molecule has 0 aromatic heterocycles. The molecule has 1 atom stereocenters. The van der Waals surface area contributed by atoms with Gasteiger partial charge in [-0.3, -0.25) is 0 Å². The van der Waals surface area contributed by atoms with Gasteiger partial charge in [-0.05, 0) is 52.2 Å². The maximum atomic E-state index is 9.16. The van der Waals surface area contributed by atoms with Crippen molar-refractivity contribution in [3.63, 3.8) is 0 Å². The van der Waals surface area contributed by atoms with E-state index in [2.05, 4.69) is 11.9 Å². The molecule has 1 unspecified atom stereocenters. The van der Waals surface area contributed by atoms with Crippen molar-refractivity contribution in [1.82, 2.24) is 4.90 Å². The lowest BCUT2D eigenvalue weighted by Gasteiger charge is -2.29. The van der Waals surface area contributed by atoms with E-state index >= 15 is 0 Å². The average molecular weight is 157 g/mol. The first-order chi connectivity index (χ1) is 5.18. The SMILES string of the molecule is CC(O)CC1CCN(C)CC1. The molecule has 2 heteroatoms. The minimum absolute atomic E-state index is 0.108. The van der Waals surface area contributed by atoms with Crippen LogP contribution in [-0.4, -0.2) is 36.2 Å². The highest BCUT2D eigenvalue weighted by Gasteiger charge is 2.17. The molecule has 0 amide bonds. The molecule has 2 nitrogen and oxygen atoms in total. The molecule has 0 aliphatic carbocycles. The fraction of sp³-hybridized carbons (Fsp3) is 1.00. The van der Waals surface area contributed by atoms with Crippen molar-refractivity contribution in [3.05, 3.63) is 0 Å². The Morgan fingerprint density at radius 3 is 2.45 bits per heavy atom. The van der Waals surface area contributed by atoms with E-state index in [0.717, 1.165) is 12.3 Å². The van der Waals surface area contributed by atoms with E-state index in [-0.39, 0.29) is 6.10 Å². The number of nitrogens with zero attached hydrogens (tertiary/aromatic N) is 1. The van der Waals surface area contributed by atoms with Crippen LogP contribution in [0.5, 0.6) is 0 Å². The van der Waals surface area contributed by atoms with Gasteiger partial charge < -0.3 is 10.0 Å². The van der Waals surface area contributed by atoms with Gasteiger partial charge >= 0.3 is 0 Å². The molecule has 1 rings (SSSR count). The predicted octanol–water partition coefficient (Wildman–Crippen LogP) is 1.10. The first-order valence-electron chi connectivity index (χ1n) is 4.55. The van der Waals surface area contributed by atoms with E-state index in [1.54, 1.807) is 0 Å². The third kappa shape index (κ3) is 3.21. The van der Waals surface area contributed by atoms with Gasteiger partial charge in [-0.1, -0.05) is 0 Å². The third-order valence-electron chi connectivity index (χ3n) is 2.51. The zero-order valence-electron chi connectivity index (χ0n) is 7.58. The van der Waals surface area contributed by atoms with Crippen LogP contribution >= 0.6 is 0 Å². The van der Waals surface area contributed by atoms with Crippen molar-refractivity contribution >= 4 is 0 Å². The van der Waals surface area contributed by atoms with Gasteiger partial charge in [0.05, 0.1) is 6.10 Å². The number of piperidine rings is 1. The van der Waals surface area contributed by atoms with Crippen LogP contribution in [-0.2, 0) is 0 Å². The molecule has 0 bridgehead atoms. The molecular weight excluding hydrogens is 138 g/mol. The molecule has 1 saturated heterocycles. The summed E-state index contributed by atoms with van der Waals surface area (Å²) in [6, 6.07) is 0. The van der Waals surface area contributed by atoms with Crippen LogP contribution in [0.25, 0.3) is 0 Å². The molecule has 1 aliphatic rings. The third-order valence-corrected chi connectivity index (χ3v) is 2.51. The van der Waals surface area contributed by atoms with E-state index < -0.39 is 0 Å². The molecule has 0 saturated carbocycles. The Labute approximate surface area is 69.2 Å². The largest absolute Gasteiger partial charge is 0.393 e. The predicted molar refractivity (Wildman–Crippen MR) is 46.5 cm³/mol. The highest BCUT2D eigenvalue weighted by atomic mass is 16.3. The molecule has 0 spiro atoms. The number of aliphatic hydroxyl groups excluding tert-OH is 1. The van der Waals surface area contributed by atoms with Crippen LogP contribution in [0.3, 0.4) is 0 Å². The molecule has 0 aromatic carbocycles. The fourth-order valence-corrected chi connectivity index (χ4v) is 1.78. The van der Waals surface area contributed by atoms with Crippen molar-refractivity contribution in [2.45, 2.75) is 32.3 Å². The second kappa shape index (κ2) is 4.07. The number of hydrogen-bond acceptors (Lipinski definition) is 2. The highest BCUT2D eigenvalue weighted by Crippen LogP contribution is 2.20. The van der Waals surface area contributed by atoms with Crippen LogP contribution in [0.1, 0.15) is 26.2 Å². The Morgan fingerprint density at radius 1 is 1.45 bits per heavy atom. The molecule has 0 aromatic rings. The van der Waals surface area contributed by atoms with Gasteiger partial charge in [-0.25, -0.2) is 0 Å². The maximum Gasteiger partial charge on any atom is 0.0514 e. The smallest absolute Gasteiger partial charge is 0.0514 e. The fourth-order valence-electron chi connectivity index (χ4n) is 1.78. The minimum Gasteiger partial charge on any atom is -0.393 e. The molecule has 0 radical (unpaired) electrons. The summed E-state index contributed by atoms with van der Waals surface area (Å²) in [4.78, 5) is 2.36. The molecule has 1 heterocycles. The van der Waals surface area contributed by atoms with Crippen molar-refractivity contribution in [2.75, 3.05) is 20.1 Å². The average Bonchev–Trinajstić information content (AvgIpc) is 1.93. The normalized spacial score (nSPS) is 25.4. The van der Waals surface area contributed by atoms with Gasteiger partial charge in [0.1, 0.15) is 0 Å². The van der Waals surface area contributed by atoms with Crippen molar-refractivity contribution in [1.29, 1.82) is 0 Å². The Hall–Kier alpha value is -0.0800. The van der Waals surface area contributed by atoms with Crippen LogP contribution in [0.15, 0.2) is 0 Å². The van der Waals surface area contributed by atoms with Crippen LogP contribution in [0.2, 0.25) is 0 Å². The van der Waals surface area contributed by atoms with Crippen LogP contribution in [0, 0.1) is 5.92 Å². The number of aliphatic hydroxyl groups is 1. The summed E-state index contributed by atoms with van der Waals surface area (Å²) in [5, 5.41) is 9.16. The molecule has 1 aliphatic heterocycles. The van der Waals surface area contributed by atoms with Gasteiger partial charge in [-0.15, -0.1) is 0 Å². The second-order valence-electron chi connectivity index (χ2n) is 3.83. The van der Waals surface area contributed by atoms with E-state index in [0.29, 0.717) is 0 Å². The van der Waals surface area contributed by atoms with Gasteiger partial charge in [-0.2, -0.15) is 0 Å². The maximum absolute atomic E-state index is 9.16. The van der Waals surface area contributed by atoms with Crippen molar-refractivity contribution < 1.29 is 5.11 Å². The molecule has 1 N–H and O–H groups in total. The summed E-state index contributed by atoms with van der Waals surface area (Å²) in [6.07, 6.45) is 3.42. The summed E-state index contributed by atoms with van der Waals surface area (Å²) in [7, 11) is 2.17. The molecule has 66 valence electrons. The number of likely N-dealkylation sites (tertiary alicyclic amines) is 1. The first kappa shape index (κ1) is 9.01. The van der Waals surface area contributed by atoms with Gasteiger partial charge in [0.2, 0.25) is 0 Å². The summed E-state index contributed by atoms with van der Waals surface area (Å²) in [5.74, 6) is 0.770. The summed E-state index contributed by atoms with van der Waals surface area (Å²) >= 11 is 0. The Balaban J connectivity index is 2.17. The van der Waals surface area contributed by atoms with Gasteiger partial charge in [0.25, 0.3) is 0 Å². The van der Waals surface area contributed by atoms with E-state index in [1.165, 1.54) is 25.9 Å². The summed E-state index contributed by atoms with van der Waals surface area (Å²) in [5.41, 5.74) is 0. The standard InChI is InChI=1S/C9H19NO/c1-8(11)7-9-3-5-10(2)6-4-9/h8-9,11H,3-7H2,1-2H3. The molecule has 1 fully saturated rings. The lowest BCUT2D eigenvalue weighted by molar-refractivity contribution is 0.128. The van der Waals surface area contributed by atoms with Gasteiger partial charge in [0.15, 0.2) is 0 Å². The minimum atomic E-state index is -0.108. The Morgan fingerprint density at radius 2 is 2.00 bits per heavy atom. The van der Waals surface area contributed by atoms with E-state index in [1.807, 2.05) is 6.92 Å². The number of rotatable bonds is 2. The first-order valence-corrected chi connectivity index (χ1v) is 4.55. The second-order valence-corrected chi connectivity index (χ2v) is 3.83. The zero-order valence-corrected chi connectivity index (χ0v) is 7.58. The Kier molecular flexibility index (Phi) is 3.34. The van der Waals surface area contributed by atoms with E-state index in [4.69, 9.17) is 5.11 Å². The van der Waals surface area contributed by atoms with Crippen molar-refractivity contribution in [2.24, 2.45) is 5.92 Å². The lowest BCUT2D eigenvalue weighted by Crippen LogP contribution is -2.31. The topological polar surface area (TPSA) is 23.5 Å². The lowest BCUT2D eigenvalue weighted by atomic mass is 9.92. The molecular formula is C9H19NO. The summed E-state index contributed by atoms with van der Waals surface area (Å²) in [6.45, 7) is 4.30. The summed E-state index contributed by atoms with van der Waals surface area (Å²) < 4.78 is 0. The monoisotopic (exact) mass is 157 g/mol. The van der Waals surface area contributed by atoms with Crippen LogP contribution < -0.4 is 0 Å². The molecule has 11 heavy (non-hydrogen) atoms. The quantitative estimate of drug-likeness (QED) is 0.649. The number of hydrogen-bond donors (Lipinski definition) is 1. The van der Waals surface area contributed by atoms with E-state index in [9.17, 15) is 0 Å². The van der Waals surface area contributed by atoms with Crippen molar-refractivity contribution in [3.8, 4) is 0 Å². The Bertz CT molecular complexity index is 106.